The standard InChI is InChI=1S/C16H18O2.C13H10O3.C12H10O4S.C12H10O2S/c1-9-5-13(6-10(2)15(9)17)14-7-11(3)16(18)12(4)8-14;14-11-5-1-9(2-6-11)13(16)10-3-7-12(15)8-4-10;13-9-1-5-11(6-2-9)17(15,16)12-7-3-10(14)4-8-12;13-9-1-5-11(6-2-9)15-12-7-3-10(14)4-8-12/h5-8,17-18H,1-4H3;1-8,14-15H;1-8,13-14H;1-8,13-14H. The summed E-state index contributed by atoms with van der Waals surface area (Å²) in [5, 5.41) is 74.2. The summed E-state index contributed by atoms with van der Waals surface area (Å²) in [5.74, 6) is 1.38. The number of aryl methyl sites for hydroxylation is 4. The van der Waals surface area contributed by atoms with E-state index in [4.69, 9.17) is 30.6 Å². The van der Waals surface area contributed by atoms with E-state index in [-0.39, 0.29) is 50.1 Å². The van der Waals surface area contributed by atoms with Crippen molar-refractivity contribution in [3.63, 3.8) is 0 Å². The van der Waals surface area contributed by atoms with Gasteiger partial charge in [-0.1, -0.05) is 11.8 Å². The first-order chi connectivity index (χ1) is 31.3. The molecule has 0 unspecified atom stereocenters. The zero-order valence-corrected chi connectivity index (χ0v) is 37.9. The van der Waals surface area contributed by atoms with Gasteiger partial charge in [-0.25, -0.2) is 8.42 Å². The van der Waals surface area contributed by atoms with Crippen LogP contribution in [0.3, 0.4) is 0 Å². The van der Waals surface area contributed by atoms with Gasteiger partial charge < -0.3 is 40.9 Å². The average molecular weight is 925 g/mol. The molecule has 11 nitrogen and oxygen atoms in total. The molecule has 0 amide bonds. The molecule has 8 rings (SSSR count). The minimum atomic E-state index is -3.59. The highest BCUT2D eigenvalue weighted by Crippen LogP contribution is 2.34. The van der Waals surface area contributed by atoms with Gasteiger partial charge in [-0.15, -0.1) is 0 Å². The number of rotatable bonds is 7. The molecule has 0 radical (unpaired) electrons. The first-order valence-electron chi connectivity index (χ1n) is 20.1. The second kappa shape index (κ2) is 22.2. The molecular weight excluding hydrogens is 877 g/mol. The molecule has 0 aliphatic heterocycles. The van der Waals surface area contributed by atoms with Gasteiger partial charge in [0.2, 0.25) is 9.84 Å². The Morgan fingerprint density at radius 3 is 0.848 bits per heavy atom. The first kappa shape index (κ1) is 49.2. The van der Waals surface area contributed by atoms with Crippen LogP contribution in [0.4, 0.5) is 0 Å². The Morgan fingerprint density at radius 1 is 0.364 bits per heavy atom. The lowest BCUT2D eigenvalue weighted by atomic mass is 9.96. The van der Waals surface area contributed by atoms with Crippen LogP contribution in [0.1, 0.15) is 38.2 Å². The molecule has 0 bridgehead atoms. The second-order valence-corrected chi connectivity index (χ2v) is 18.0. The van der Waals surface area contributed by atoms with Crippen LogP contribution in [-0.2, 0) is 9.84 Å². The first-order valence-corrected chi connectivity index (χ1v) is 22.4. The molecule has 8 N–H and O–H groups in total. The Balaban J connectivity index is 0.000000165. The van der Waals surface area contributed by atoms with Gasteiger partial charge in [0.05, 0.1) is 9.79 Å². The zero-order chi connectivity index (χ0) is 48.1. The van der Waals surface area contributed by atoms with Crippen LogP contribution in [0.5, 0.6) is 46.0 Å². The molecule has 0 heterocycles. The maximum Gasteiger partial charge on any atom is 0.206 e. The van der Waals surface area contributed by atoms with Crippen molar-refractivity contribution < 1.29 is 54.1 Å². The molecule has 66 heavy (non-hydrogen) atoms. The van der Waals surface area contributed by atoms with Crippen molar-refractivity contribution in [3.8, 4) is 57.1 Å². The molecule has 0 aromatic heterocycles. The molecule has 8 aromatic rings. The number of sulfone groups is 1. The van der Waals surface area contributed by atoms with Crippen molar-refractivity contribution in [3.05, 3.63) is 203 Å². The largest absolute Gasteiger partial charge is 0.508 e. The summed E-state index contributed by atoms with van der Waals surface area (Å²) in [5.41, 5.74) is 6.61. The van der Waals surface area contributed by atoms with Crippen LogP contribution in [0.15, 0.2) is 189 Å². The van der Waals surface area contributed by atoms with E-state index in [1.54, 1.807) is 60.3 Å². The molecule has 0 aliphatic rings. The highest BCUT2D eigenvalue weighted by Gasteiger charge is 2.17. The summed E-state index contributed by atoms with van der Waals surface area (Å²) in [6.45, 7) is 7.58. The SMILES string of the molecule is Cc1cc(-c2cc(C)c(O)c(C)c2)cc(C)c1O.O=C(c1ccc(O)cc1)c1ccc(O)cc1.O=S(=O)(c1ccc(O)cc1)c1ccc(O)cc1.Oc1ccc(Sc2ccc(O)cc2)cc1. The van der Waals surface area contributed by atoms with Gasteiger partial charge in [0.1, 0.15) is 46.0 Å². The summed E-state index contributed by atoms with van der Waals surface area (Å²) < 4.78 is 24.2. The van der Waals surface area contributed by atoms with E-state index in [1.165, 1.54) is 72.8 Å². The average Bonchev–Trinajstić information content (AvgIpc) is 3.30. The Morgan fingerprint density at radius 2 is 0.591 bits per heavy atom. The summed E-state index contributed by atoms with van der Waals surface area (Å²) >= 11 is 1.58. The van der Waals surface area contributed by atoms with Crippen molar-refractivity contribution >= 4 is 27.4 Å². The van der Waals surface area contributed by atoms with E-state index in [0.29, 0.717) is 22.6 Å². The summed E-state index contributed by atoms with van der Waals surface area (Å²) in [4.78, 5) is 14.2. The van der Waals surface area contributed by atoms with E-state index in [9.17, 15) is 23.4 Å². The fourth-order valence-electron chi connectivity index (χ4n) is 6.19. The number of hydrogen-bond acceptors (Lipinski definition) is 12. The molecular formula is C53H48O11S2. The Kier molecular flexibility index (Phi) is 16.5. The van der Waals surface area contributed by atoms with Crippen LogP contribution in [0, 0.1) is 27.7 Å². The zero-order valence-electron chi connectivity index (χ0n) is 36.3. The summed E-state index contributed by atoms with van der Waals surface area (Å²) in [7, 11) is -3.59. The lowest BCUT2D eigenvalue weighted by Gasteiger charge is -2.11. The third kappa shape index (κ3) is 13.6. The topological polar surface area (TPSA) is 213 Å². The number of hydrogen-bond donors (Lipinski definition) is 8. The highest BCUT2D eigenvalue weighted by atomic mass is 32.2. The number of phenols is 8. The van der Waals surface area contributed by atoms with Gasteiger partial charge >= 0.3 is 0 Å². The van der Waals surface area contributed by atoms with Gasteiger partial charge in [-0.3, -0.25) is 4.79 Å². The number of aromatic hydroxyl groups is 8. The monoisotopic (exact) mass is 924 g/mol. The van der Waals surface area contributed by atoms with E-state index in [0.717, 1.165) is 43.2 Å². The van der Waals surface area contributed by atoms with Crippen molar-refractivity contribution in [2.45, 2.75) is 47.3 Å². The van der Waals surface area contributed by atoms with Crippen LogP contribution < -0.4 is 0 Å². The number of carbonyl (C=O) groups excluding carboxylic acids is 1. The Hall–Kier alpha value is -7.87. The number of phenolic OH excluding ortho intramolecular Hbond substituents is 8. The fourth-order valence-corrected chi connectivity index (χ4v) is 8.27. The molecule has 0 saturated carbocycles. The van der Waals surface area contributed by atoms with Crippen LogP contribution in [0.2, 0.25) is 0 Å². The summed E-state index contributed by atoms with van der Waals surface area (Å²) in [6.07, 6.45) is 0. The normalized spacial score (nSPS) is 10.5. The smallest absolute Gasteiger partial charge is 0.206 e. The predicted molar refractivity (Wildman–Crippen MR) is 256 cm³/mol. The molecule has 0 saturated heterocycles. The van der Waals surface area contributed by atoms with Gasteiger partial charge in [-0.05, 0) is 231 Å². The van der Waals surface area contributed by atoms with Gasteiger partial charge in [0, 0.05) is 20.9 Å². The second-order valence-electron chi connectivity index (χ2n) is 14.9. The van der Waals surface area contributed by atoms with Gasteiger partial charge in [-0.2, -0.15) is 0 Å². The molecule has 0 fully saturated rings. The van der Waals surface area contributed by atoms with E-state index in [2.05, 4.69) is 0 Å². The number of carbonyl (C=O) groups is 1. The van der Waals surface area contributed by atoms with Crippen molar-refractivity contribution in [1.82, 2.24) is 0 Å². The van der Waals surface area contributed by atoms with E-state index >= 15 is 0 Å². The Labute approximate surface area is 387 Å². The van der Waals surface area contributed by atoms with E-state index in [1.807, 2.05) is 76.2 Å². The molecule has 338 valence electrons. The Bertz CT molecular complexity index is 2740. The van der Waals surface area contributed by atoms with Crippen molar-refractivity contribution in [2.24, 2.45) is 0 Å². The van der Waals surface area contributed by atoms with Crippen LogP contribution in [0.25, 0.3) is 11.1 Å². The maximum absolute atomic E-state index is 12.1. The molecule has 8 aromatic carbocycles. The lowest BCUT2D eigenvalue weighted by Crippen LogP contribution is -2.01. The molecule has 0 aliphatic carbocycles. The highest BCUT2D eigenvalue weighted by molar-refractivity contribution is 7.99. The fraction of sp³-hybridized carbons (Fsp3) is 0.0755. The van der Waals surface area contributed by atoms with Gasteiger partial charge in [0.15, 0.2) is 5.78 Å². The molecule has 0 spiro atoms. The minimum absolute atomic E-state index is 0.00894. The predicted octanol–water partition coefficient (Wildman–Crippen LogP) is 11.5. The van der Waals surface area contributed by atoms with Gasteiger partial charge in [0.25, 0.3) is 0 Å². The minimum Gasteiger partial charge on any atom is -0.508 e. The van der Waals surface area contributed by atoms with E-state index < -0.39 is 9.84 Å². The molecule has 13 heteroatoms. The van der Waals surface area contributed by atoms with Crippen LogP contribution >= 0.6 is 11.8 Å². The van der Waals surface area contributed by atoms with Crippen molar-refractivity contribution in [2.75, 3.05) is 0 Å². The van der Waals surface area contributed by atoms with Crippen LogP contribution in [-0.4, -0.2) is 55.1 Å². The number of ketones is 1. The summed E-state index contributed by atoms with van der Waals surface area (Å²) in [6, 6.07) is 44.6. The maximum atomic E-state index is 12.1. The number of benzene rings is 8. The van der Waals surface area contributed by atoms with Crippen molar-refractivity contribution in [1.29, 1.82) is 0 Å². The third-order valence-corrected chi connectivity index (χ3v) is 12.6. The molecule has 0 atom stereocenters. The third-order valence-electron chi connectivity index (χ3n) is 9.78. The lowest BCUT2D eigenvalue weighted by molar-refractivity contribution is 0.103. The quantitative estimate of drug-likeness (QED) is 0.0701.